The van der Waals surface area contributed by atoms with E-state index in [1.54, 1.807) is 13.4 Å². The summed E-state index contributed by atoms with van der Waals surface area (Å²) in [7, 11) is 1.63. The molecule has 1 atom stereocenters. The van der Waals surface area contributed by atoms with E-state index in [0.29, 0.717) is 0 Å². The number of allylic oxidation sites excluding steroid dienone is 3. The molecule has 25 heavy (non-hydrogen) atoms. The average Bonchev–Trinajstić information content (AvgIpc) is 2.54. The zero-order chi connectivity index (χ0) is 19.6. The molecule has 1 aliphatic heterocycles. The van der Waals surface area contributed by atoms with Crippen molar-refractivity contribution in [2.24, 2.45) is 0 Å². The molecule has 1 aromatic carbocycles. The summed E-state index contributed by atoms with van der Waals surface area (Å²) in [6.45, 7) is 15.0. The number of aryl methyl sites for hydroxylation is 2. The van der Waals surface area contributed by atoms with E-state index in [2.05, 4.69) is 12.6 Å². The molecule has 0 bridgehead atoms. The van der Waals surface area contributed by atoms with Crippen molar-refractivity contribution in [3.63, 3.8) is 0 Å². The third-order valence-corrected chi connectivity index (χ3v) is 4.02. The van der Waals surface area contributed by atoms with Crippen LogP contribution in [0.4, 0.5) is 0 Å². The van der Waals surface area contributed by atoms with Crippen molar-refractivity contribution < 1.29 is 9.90 Å². The summed E-state index contributed by atoms with van der Waals surface area (Å²) < 4.78 is 0. The van der Waals surface area contributed by atoms with Crippen LogP contribution in [0.1, 0.15) is 50.8 Å². The molecular weight excluding hydrogens is 309 g/mol. The van der Waals surface area contributed by atoms with Crippen LogP contribution in [0, 0.1) is 25.2 Å². The van der Waals surface area contributed by atoms with Crippen LogP contribution in [0.3, 0.4) is 0 Å². The van der Waals surface area contributed by atoms with Crippen molar-refractivity contribution >= 4 is 13.0 Å². The van der Waals surface area contributed by atoms with Gasteiger partial charge in [0.15, 0.2) is 0 Å². The molecule has 2 rings (SSSR count). The van der Waals surface area contributed by atoms with Gasteiger partial charge in [-0.25, -0.2) is 0 Å². The van der Waals surface area contributed by atoms with E-state index in [1.807, 2.05) is 59.7 Å². The lowest BCUT2D eigenvalue weighted by Crippen LogP contribution is -2.33. The first-order valence-electron chi connectivity index (χ1n) is 8.36. The normalized spacial score (nSPS) is 18.7. The number of benzene rings is 1. The first kappa shape index (κ1) is 22.9. The minimum absolute atomic E-state index is 0.0450. The Balaban J connectivity index is 0.000000403. The molecule has 0 fully saturated rings. The van der Waals surface area contributed by atoms with Crippen LogP contribution in [0.25, 0.3) is 0 Å². The number of carbonyl (C=O) groups is 1. The molecule has 1 unspecified atom stereocenters. The number of hydrogen-bond donors (Lipinski definition) is 1. The SMILES string of the molecule is C=CC.CC1=C(C)C(=O)[B]C(C)(CO)C1.Cc1ccc(C#N)c(C)c1. The molecule has 0 spiro atoms. The van der Waals surface area contributed by atoms with Gasteiger partial charge >= 0.3 is 0 Å². The number of aliphatic hydroxyl groups excluding tert-OH is 1. The molecule has 1 N–H and O–H groups in total. The Labute approximate surface area is 153 Å². The van der Waals surface area contributed by atoms with Gasteiger partial charge < -0.3 is 9.90 Å². The van der Waals surface area contributed by atoms with Gasteiger partial charge in [0.2, 0.25) is 7.28 Å². The van der Waals surface area contributed by atoms with Gasteiger partial charge in [-0.15, -0.1) is 6.58 Å². The second-order valence-electron chi connectivity index (χ2n) is 6.74. The van der Waals surface area contributed by atoms with Crippen molar-refractivity contribution in [2.45, 2.75) is 53.3 Å². The zero-order valence-electron chi connectivity index (χ0n) is 16.3. The summed E-state index contributed by atoms with van der Waals surface area (Å²) in [4.78, 5) is 11.4. The van der Waals surface area contributed by atoms with Gasteiger partial charge in [-0.05, 0) is 63.6 Å². The second kappa shape index (κ2) is 10.7. The van der Waals surface area contributed by atoms with E-state index in [9.17, 15) is 4.79 Å². The standard InChI is InChI=1S/C9H14BO2.C9H9N.C3H6/c1-6-4-9(3,5-11)10-8(12)7(6)2;1-7-3-4-9(6-10)8(2)5-7;1-3-2/h11H,4-5H2,1-3H3;3-5H,1-2H3;3H,1H2,2H3. The minimum atomic E-state index is -0.333. The van der Waals surface area contributed by atoms with Gasteiger partial charge in [0.05, 0.1) is 11.6 Å². The summed E-state index contributed by atoms with van der Waals surface area (Å²) in [5, 5.41) is 17.3. The van der Waals surface area contributed by atoms with Gasteiger partial charge in [-0.2, -0.15) is 5.26 Å². The highest BCUT2D eigenvalue weighted by molar-refractivity contribution is 6.80. The second-order valence-corrected chi connectivity index (χ2v) is 6.74. The fourth-order valence-electron chi connectivity index (χ4n) is 2.47. The van der Waals surface area contributed by atoms with Crippen LogP contribution in [-0.4, -0.2) is 24.7 Å². The number of hydrogen-bond acceptors (Lipinski definition) is 3. The van der Waals surface area contributed by atoms with Crippen molar-refractivity contribution in [1.82, 2.24) is 0 Å². The van der Waals surface area contributed by atoms with Crippen LogP contribution in [0.15, 0.2) is 42.0 Å². The molecule has 133 valence electrons. The number of nitriles is 1. The lowest BCUT2D eigenvalue weighted by atomic mass is 9.45. The van der Waals surface area contributed by atoms with Gasteiger partial charge in [0.1, 0.15) is 5.68 Å². The maximum atomic E-state index is 11.4. The van der Waals surface area contributed by atoms with Crippen LogP contribution < -0.4 is 0 Å². The lowest BCUT2D eigenvalue weighted by Gasteiger charge is -2.31. The van der Waals surface area contributed by atoms with E-state index in [0.717, 1.165) is 28.7 Å². The molecular formula is C21H29BNO2. The monoisotopic (exact) mass is 338 g/mol. The van der Waals surface area contributed by atoms with E-state index in [4.69, 9.17) is 10.4 Å². The number of aliphatic hydroxyl groups is 1. The van der Waals surface area contributed by atoms with Crippen molar-refractivity contribution in [1.29, 1.82) is 5.26 Å². The molecule has 1 aromatic rings. The van der Waals surface area contributed by atoms with E-state index in [-0.39, 0.29) is 17.6 Å². The molecule has 0 aromatic heterocycles. The van der Waals surface area contributed by atoms with Crippen molar-refractivity contribution in [3.05, 3.63) is 58.7 Å². The van der Waals surface area contributed by atoms with Crippen LogP contribution >= 0.6 is 0 Å². The predicted octanol–water partition coefficient (Wildman–Crippen LogP) is 4.50. The molecule has 0 amide bonds. The fourth-order valence-corrected chi connectivity index (χ4v) is 2.47. The van der Waals surface area contributed by atoms with Gasteiger partial charge in [0.25, 0.3) is 0 Å². The van der Waals surface area contributed by atoms with Crippen LogP contribution in [0.2, 0.25) is 5.31 Å². The Morgan fingerprint density at radius 1 is 1.36 bits per heavy atom. The number of nitrogens with zero attached hydrogens (tertiary/aromatic N) is 1. The zero-order valence-corrected chi connectivity index (χ0v) is 16.3. The molecule has 0 saturated heterocycles. The lowest BCUT2D eigenvalue weighted by molar-refractivity contribution is -0.109. The first-order valence-corrected chi connectivity index (χ1v) is 8.36. The van der Waals surface area contributed by atoms with Crippen molar-refractivity contribution in [2.75, 3.05) is 6.61 Å². The van der Waals surface area contributed by atoms with Crippen LogP contribution in [0.5, 0.6) is 0 Å². The molecule has 1 heterocycles. The maximum Gasteiger partial charge on any atom is 0.218 e. The average molecular weight is 338 g/mol. The minimum Gasteiger partial charge on any atom is -0.397 e. The topological polar surface area (TPSA) is 61.1 Å². The highest BCUT2D eigenvalue weighted by Gasteiger charge is 2.34. The molecule has 0 saturated carbocycles. The van der Waals surface area contributed by atoms with E-state index < -0.39 is 0 Å². The molecule has 3 nitrogen and oxygen atoms in total. The molecule has 4 heteroatoms. The Morgan fingerprint density at radius 2 is 1.92 bits per heavy atom. The van der Waals surface area contributed by atoms with E-state index >= 15 is 0 Å². The Bertz CT molecular complexity index is 686. The Kier molecular flexibility index (Phi) is 9.78. The summed E-state index contributed by atoms with van der Waals surface area (Å²) >= 11 is 0. The first-order chi connectivity index (χ1) is 11.6. The highest BCUT2D eigenvalue weighted by atomic mass is 16.3. The molecule has 1 radical (unpaired) electrons. The molecule has 1 aliphatic rings. The smallest absolute Gasteiger partial charge is 0.218 e. The number of carbonyl (C=O) groups excluding carboxylic acids is 1. The number of rotatable bonds is 1. The van der Waals surface area contributed by atoms with Gasteiger partial charge in [-0.1, -0.05) is 36.3 Å². The summed E-state index contributed by atoms with van der Waals surface area (Å²) in [6, 6.07) is 7.94. The predicted molar refractivity (Wildman–Crippen MR) is 106 cm³/mol. The largest absolute Gasteiger partial charge is 0.397 e. The summed E-state index contributed by atoms with van der Waals surface area (Å²) in [6.07, 6.45) is 2.54. The quantitative estimate of drug-likeness (QED) is 0.606. The Morgan fingerprint density at radius 3 is 2.32 bits per heavy atom. The van der Waals surface area contributed by atoms with E-state index in [1.165, 1.54) is 5.56 Å². The van der Waals surface area contributed by atoms with Gasteiger partial charge in [0, 0.05) is 6.61 Å². The summed E-state index contributed by atoms with van der Waals surface area (Å²) in [5.41, 5.74) is 5.03. The van der Waals surface area contributed by atoms with Gasteiger partial charge in [-0.3, -0.25) is 0 Å². The maximum absolute atomic E-state index is 11.4. The fraction of sp³-hybridized carbons (Fsp3) is 0.429. The highest BCUT2D eigenvalue weighted by Crippen LogP contribution is 2.37. The Hall–Kier alpha value is -2.12. The third kappa shape index (κ3) is 7.54. The third-order valence-electron chi connectivity index (χ3n) is 4.02. The van der Waals surface area contributed by atoms with Crippen LogP contribution in [-0.2, 0) is 4.79 Å². The van der Waals surface area contributed by atoms with Crippen molar-refractivity contribution in [3.8, 4) is 6.07 Å². The molecule has 0 aliphatic carbocycles. The summed E-state index contributed by atoms with van der Waals surface area (Å²) in [5.74, 6) is 0.